The fourth-order valence-electron chi connectivity index (χ4n) is 2.06. The monoisotopic (exact) mass is 237 g/mol. The van der Waals surface area contributed by atoms with Crippen molar-refractivity contribution in [2.24, 2.45) is 0 Å². The first-order chi connectivity index (χ1) is 8.06. The second-order valence-corrected chi connectivity index (χ2v) is 4.33. The van der Waals surface area contributed by atoms with Crippen LogP contribution in [0.25, 0.3) is 0 Å². The fourth-order valence-corrected chi connectivity index (χ4v) is 2.06. The molecule has 1 unspecified atom stereocenters. The molecule has 6 heteroatoms. The molecule has 92 valence electrons. The number of nitrogens with two attached hydrogens (primary N) is 1. The largest absolute Gasteiger partial charge is 0.393 e. The Morgan fingerprint density at radius 3 is 2.94 bits per heavy atom. The lowest BCUT2D eigenvalue weighted by Gasteiger charge is -2.14. The lowest BCUT2D eigenvalue weighted by molar-refractivity contribution is -0.384. The second kappa shape index (κ2) is 4.68. The van der Waals surface area contributed by atoms with Gasteiger partial charge in [-0.1, -0.05) is 6.07 Å². The molecule has 0 spiro atoms. The molecule has 3 N–H and O–H groups in total. The van der Waals surface area contributed by atoms with Crippen molar-refractivity contribution in [1.82, 2.24) is 4.90 Å². The van der Waals surface area contributed by atoms with Gasteiger partial charge in [0, 0.05) is 25.7 Å². The molecule has 0 aromatic heterocycles. The number of nitro benzene ring substituents is 1. The lowest BCUT2D eigenvalue weighted by Crippen LogP contribution is -2.21. The van der Waals surface area contributed by atoms with Crippen LogP contribution in [0, 0.1) is 10.1 Å². The first-order valence-corrected chi connectivity index (χ1v) is 5.49. The Kier molecular flexibility index (Phi) is 3.26. The molecule has 0 amide bonds. The van der Waals surface area contributed by atoms with Gasteiger partial charge in [0.1, 0.15) is 5.69 Å². The Morgan fingerprint density at radius 2 is 2.35 bits per heavy atom. The van der Waals surface area contributed by atoms with E-state index in [2.05, 4.69) is 4.90 Å². The molecule has 0 aliphatic carbocycles. The van der Waals surface area contributed by atoms with Gasteiger partial charge in [-0.15, -0.1) is 0 Å². The highest BCUT2D eigenvalue weighted by molar-refractivity contribution is 5.59. The molecule has 1 aromatic carbocycles. The minimum absolute atomic E-state index is 0.0535. The fraction of sp³-hybridized carbons (Fsp3) is 0.455. The van der Waals surface area contributed by atoms with Crippen molar-refractivity contribution < 1.29 is 10.0 Å². The smallest absolute Gasteiger partial charge is 0.292 e. The maximum absolute atomic E-state index is 10.7. The average molecular weight is 237 g/mol. The van der Waals surface area contributed by atoms with E-state index in [1.165, 1.54) is 6.07 Å². The molecular weight excluding hydrogens is 222 g/mol. The van der Waals surface area contributed by atoms with Crippen molar-refractivity contribution in [2.45, 2.75) is 19.1 Å². The maximum atomic E-state index is 10.7. The van der Waals surface area contributed by atoms with Crippen molar-refractivity contribution >= 4 is 11.4 Å². The number of benzene rings is 1. The molecule has 1 atom stereocenters. The van der Waals surface area contributed by atoms with Gasteiger partial charge in [0.2, 0.25) is 0 Å². The summed E-state index contributed by atoms with van der Waals surface area (Å²) in [5.74, 6) is 0. The first-order valence-electron chi connectivity index (χ1n) is 5.49. The van der Waals surface area contributed by atoms with Crippen LogP contribution in [0.15, 0.2) is 18.2 Å². The molecule has 1 heterocycles. The molecule has 1 aliphatic rings. The summed E-state index contributed by atoms with van der Waals surface area (Å²) in [5, 5.41) is 20.1. The predicted octanol–water partition coefficient (Wildman–Crippen LogP) is 0.744. The molecular formula is C11H15N3O3. The van der Waals surface area contributed by atoms with Crippen LogP contribution in [-0.4, -0.2) is 34.1 Å². The third-order valence-electron chi connectivity index (χ3n) is 2.95. The van der Waals surface area contributed by atoms with Gasteiger partial charge in [0.15, 0.2) is 0 Å². The molecule has 1 aliphatic heterocycles. The van der Waals surface area contributed by atoms with E-state index in [-0.39, 0.29) is 17.5 Å². The number of aliphatic hydroxyl groups excluding tert-OH is 1. The zero-order chi connectivity index (χ0) is 12.4. The van der Waals surface area contributed by atoms with Gasteiger partial charge in [-0.2, -0.15) is 0 Å². The Bertz CT molecular complexity index is 436. The molecule has 0 radical (unpaired) electrons. The molecule has 2 rings (SSSR count). The van der Waals surface area contributed by atoms with Crippen LogP contribution >= 0.6 is 0 Å². The first kappa shape index (κ1) is 11.8. The number of rotatable bonds is 3. The summed E-state index contributed by atoms with van der Waals surface area (Å²) in [4.78, 5) is 12.3. The van der Waals surface area contributed by atoms with Crippen LogP contribution in [0.2, 0.25) is 0 Å². The SMILES string of the molecule is Nc1ccc(CN2CCC(O)C2)cc1[N+](=O)[O-]. The summed E-state index contributed by atoms with van der Waals surface area (Å²) in [6, 6.07) is 4.84. The average Bonchev–Trinajstić information content (AvgIpc) is 2.66. The summed E-state index contributed by atoms with van der Waals surface area (Å²) in [6.45, 7) is 2.05. The number of anilines is 1. The zero-order valence-corrected chi connectivity index (χ0v) is 9.37. The van der Waals surface area contributed by atoms with Crippen molar-refractivity contribution in [3.63, 3.8) is 0 Å². The summed E-state index contributed by atoms with van der Waals surface area (Å²) >= 11 is 0. The summed E-state index contributed by atoms with van der Waals surface area (Å²) in [5.41, 5.74) is 6.50. The number of aliphatic hydroxyl groups is 1. The minimum Gasteiger partial charge on any atom is -0.393 e. The third kappa shape index (κ3) is 2.72. The van der Waals surface area contributed by atoms with Crippen LogP contribution in [0.3, 0.4) is 0 Å². The van der Waals surface area contributed by atoms with E-state index >= 15 is 0 Å². The van der Waals surface area contributed by atoms with Crippen LogP contribution in [0.1, 0.15) is 12.0 Å². The zero-order valence-electron chi connectivity index (χ0n) is 9.37. The second-order valence-electron chi connectivity index (χ2n) is 4.33. The van der Waals surface area contributed by atoms with E-state index in [0.29, 0.717) is 13.1 Å². The summed E-state index contributed by atoms with van der Waals surface area (Å²) in [6.07, 6.45) is 0.482. The topological polar surface area (TPSA) is 92.6 Å². The van der Waals surface area contributed by atoms with E-state index in [0.717, 1.165) is 18.5 Å². The van der Waals surface area contributed by atoms with E-state index in [9.17, 15) is 15.2 Å². The van der Waals surface area contributed by atoms with Gasteiger partial charge >= 0.3 is 0 Å². The summed E-state index contributed by atoms with van der Waals surface area (Å²) in [7, 11) is 0. The molecule has 17 heavy (non-hydrogen) atoms. The van der Waals surface area contributed by atoms with E-state index in [4.69, 9.17) is 5.73 Å². The summed E-state index contributed by atoms with van der Waals surface area (Å²) < 4.78 is 0. The van der Waals surface area contributed by atoms with Gasteiger partial charge in [-0.3, -0.25) is 15.0 Å². The normalized spacial score (nSPS) is 20.6. The van der Waals surface area contributed by atoms with Crippen LogP contribution in [-0.2, 0) is 6.54 Å². The number of hydrogen-bond acceptors (Lipinski definition) is 5. The highest BCUT2D eigenvalue weighted by Gasteiger charge is 2.21. The molecule has 1 aromatic rings. The molecule has 1 saturated heterocycles. The molecule has 6 nitrogen and oxygen atoms in total. The minimum atomic E-state index is -0.475. The molecule has 0 saturated carbocycles. The molecule has 1 fully saturated rings. The Labute approximate surface area is 98.8 Å². The van der Waals surface area contributed by atoms with Crippen molar-refractivity contribution in [1.29, 1.82) is 0 Å². The van der Waals surface area contributed by atoms with Crippen LogP contribution < -0.4 is 5.73 Å². The van der Waals surface area contributed by atoms with Gasteiger partial charge in [-0.05, 0) is 18.1 Å². The predicted molar refractivity (Wildman–Crippen MR) is 63.4 cm³/mol. The third-order valence-corrected chi connectivity index (χ3v) is 2.95. The Balaban J connectivity index is 2.11. The van der Waals surface area contributed by atoms with E-state index in [1.54, 1.807) is 12.1 Å². The standard InChI is InChI=1S/C11H15N3O3/c12-10-2-1-8(5-11(10)14(16)17)6-13-4-3-9(15)7-13/h1-2,5,9,15H,3-4,6-7,12H2. The maximum Gasteiger partial charge on any atom is 0.292 e. The van der Waals surface area contributed by atoms with Crippen LogP contribution in [0.4, 0.5) is 11.4 Å². The van der Waals surface area contributed by atoms with E-state index in [1.807, 2.05) is 0 Å². The number of nitrogen functional groups attached to an aromatic ring is 1. The van der Waals surface area contributed by atoms with Gasteiger partial charge in [0.05, 0.1) is 11.0 Å². The van der Waals surface area contributed by atoms with Crippen molar-refractivity contribution in [2.75, 3.05) is 18.8 Å². The number of nitrogens with zero attached hydrogens (tertiary/aromatic N) is 2. The number of hydrogen-bond donors (Lipinski definition) is 2. The Hall–Kier alpha value is -1.66. The number of nitro groups is 1. The van der Waals surface area contributed by atoms with Gasteiger partial charge in [0.25, 0.3) is 5.69 Å². The van der Waals surface area contributed by atoms with E-state index < -0.39 is 4.92 Å². The van der Waals surface area contributed by atoms with Crippen molar-refractivity contribution in [3.8, 4) is 0 Å². The number of β-amino-alcohol motifs (C(OH)–C–C–N with tert-alkyl or cyclic N) is 1. The Morgan fingerprint density at radius 1 is 1.59 bits per heavy atom. The lowest BCUT2D eigenvalue weighted by atomic mass is 10.1. The van der Waals surface area contributed by atoms with Crippen molar-refractivity contribution in [3.05, 3.63) is 33.9 Å². The van der Waals surface area contributed by atoms with Crippen LogP contribution in [0.5, 0.6) is 0 Å². The highest BCUT2D eigenvalue weighted by Crippen LogP contribution is 2.23. The van der Waals surface area contributed by atoms with Gasteiger partial charge in [-0.25, -0.2) is 0 Å². The highest BCUT2D eigenvalue weighted by atomic mass is 16.6. The van der Waals surface area contributed by atoms with Gasteiger partial charge < -0.3 is 10.8 Å². The molecule has 0 bridgehead atoms. The number of likely N-dealkylation sites (tertiary alicyclic amines) is 1. The quantitative estimate of drug-likeness (QED) is 0.459.